The molecule has 1 aromatic rings. The highest BCUT2D eigenvalue weighted by Crippen LogP contribution is 2.26. The van der Waals surface area contributed by atoms with Crippen molar-refractivity contribution >= 4 is 21.6 Å². The standard InChI is InChI=1S/C13H20ClNO3S/c1-3-4-11(9-19(15,16)17)8-18-13-6-5-10(2)7-12(13)14/h5-7,11H,3-4,8-9H2,1-2H3,(H2,15,16,17). The third-order valence-electron chi connectivity index (χ3n) is 2.73. The van der Waals surface area contributed by atoms with E-state index in [1.807, 2.05) is 26.0 Å². The predicted octanol–water partition coefficient (Wildman–Crippen LogP) is 2.73. The normalized spacial score (nSPS) is 13.3. The van der Waals surface area contributed by atoms with Crippen molar-refractivity contribution in [2.75, 3.05) is 12.4 Å². The number of benzene rings is 1. The van der Waals surface area contributed by atoms with E-state index in [1.165, 1.54) is 0 Å². The Labute approximate surface area is 120 Å². The molecule has 6 heteroatoms. The quantitative estimate of drug-likeness (QED) is 0.842. The summed E-state index contributed by atoms with van der Waals surface area (Å²) in [4.78, 5) is 0. The summed E-state index contributed by atoms with van der Waals surface area (Å²) >= 11 is 6.06. The van der Waals surface area contributed by atoms with Crippen molar-refractivity contribution in [1.82, 2.24) is 0 Å². The largest absolute Gasteiger partial charge is 0.492 e. The van der Waals surface area contributed by atoms with Crippen LogP contribution in [0.1, 0.15) is 25.3 Å². The topological polar surface area (TPSA) is 69.4 Å². The minimum atomic E-state index is -3.48. The van der Waals surface area contributed by atoms with Crippen LogP contribution >= 0.6 is 11.6 Å². The maximum absolute atomic E-state index is 11.1. The van der Waals surface area contributed by atoms with Crippen LogP contribution < -0.4 is 9.88 Å². The maximum atomic E-state index is 11.1. The summed E-state index contributed by atoms with van der Waals surface area (Å²) in [7, 11) is -3.48. The van der Waals surface area contributed by atoms with E-state index in [1.54, 1.807) is 6.07 Å². The van der Waals surface area contributed by atoms with Gasteiger partial charge in [-0.1, -0.05) is 31.0 Å². The first-order chi connectivity index (χ1) is 8.81. The lowest BCUT2D eigenvalue weighted by molar-refractivity contribution is 0.252. The first kappa shape index (κ1) is 16.3. The van der Waals surface area contributed by atoms with Crippen molar-refractivity contribution in [3.63, 3.8) is 0 Å². The fraction of sp³-hybridized carbons (Fsp3) is 0.538. The second kappa shape index (κ2) is 7.12. The number of hydrogen-bond acceptors (Lipinski definition) is 3. The van der Waals surface area contributed by atoms with Gasteiger partial charge >= 0.3 is 0 Å². The van der Waals surface area contributed by atoms with Gasteiger partial charge in [0.1, 0.15) is 5.75 Å². The fourth-order valence-corrected chi connectivity index (χ4v) is 3.09. The molecule has 0 bridgehead atoms. The van der Waals surface area contributed by atoms with Crippen LogP contribution in [0.3, 0.4) is 0 Å². The van der Waals surface area contributed by atoms with Crippen LogP contribution in [0.15, 0.2) is 18.2 Å². The van der Waals surface area contributed by atoms with Gasteiger partial charge in [0, 0.05) is 5.92 Å². The van der Waals surface area contributed by atoms with E-state index in [9.17, 15) is 8.42 Å². The lowest BCUT2D eigenvalue weighted by Gasteiger charge is -2.16. The van der Waals surface area contributed by atoms with Gasteiger partial charge in [0.15, 0.2) is 0 Å². The summed E-state index contributed by atoms with van der Waals surface area (Å²) in [5, 5.41) is 5.61. The zero-order valence-corrected chi connectivity index (χ0v) is 12.8. The van der Waals surface area contributed by atoms with Gasteiger partial charge in [0.05, 0.1) is 17.4 Å². The third-order valence-corrected chi connectivity index (χ3v) is 3.96. The number of rotatable bonds is 7. The molecule has 19 heavy (non-hydrogen) atoms. The second-order valence-corrected chi connectivity index (χ2v) is 6.80. The molecule has 2 N–H and O–H groups in total. The molecule has 1 unspecified atom stereocenters. The van der Waals surface area contributed by atoms with Gasteiger partial charge in [0.25, 0.3) is 0 Å². The minimum absolute atomic E-state index is 0.0652. The predicted molar refractivity (Wildman–Crippen MR) is 78.1 cm³/mol. The Morgan fingerprint density at radius 3 is 2.63 bits per heavy atom. The van der Waals surface area contributed by atoms with Gasteiger partial charge in [-0.05, 0) is 31.0 Å². The molecule has 0 saturated heterocycles. The van der Waals surface area contributed by atoms with Gasteiger partial charge in [-0.25, -0.2) is 13.6 Å². The molecule has 0 fully saturated rings. The molecule has 0 amide bonds. The number of primary sulfonamides is 1. The molecule has 1 aromatic carbocycles. The Hall–Kier alpha value is -0.780. The van der Waals surface area contributed by atoms with Crippen molar-refractivity contribution < 1.29 is 13.2 Å². The van der Waals surface area contributed by atoms with Crippen molar-refractivity contribution in [3.05, 3.63) is 28.8 Å². The number of nitrogens with two attached hydrogens (primary N) is 1. The SMILES string of the molecule is CCCC(COc1ccc(C)cc1Cl)CS(N)(=O)=O. The monoisotopic (exact) mass is 305 g/mol. The van der Waals surface area contributed by atoms with Crippen molar-refractivity contribution in [1.29, 1.82) is 0 Å². The van der Waals surface area contributed by atoms with Gasteiger partial charge in [0.2, 0.25) is 10.0 Å². The highest BCUT2D eigenvalue weighted by Gasteiger charge is 2.16. The number of halogens is 1. The van der Waals surface area contributed by atoms with Crippen LogP contribution in [0, 0.1) is 12.8 Å². The number of sulfonamides is 1. The summed E-state index contributed by atoms with van der Waals surface area (Å²) in [5.41, 5.74) is 1.05. The smallest absolute Gasteiger partial charge is 0.209 e. The van der Waals surface area contributed by atoms with Crippen LogP contribution in [0.25, 0.3) is 0 Å². The summed E-state index contributed by atoms with van der Waals surface area (Å²) < 4.78 is 27.9. The molecule has 1 atom stereocenters. The number of ether oxygens (including phenoxy) is 1. The van der Waals surface area contributed by atoms with Crippen LogP contribution in [-0.4, -0.2) is 20.8 Å². The first-order valence-electron chi connectivity index (χ1n) is 6.21. The van der Waals surface area contributed by atoms with Crippen LogP contribution in [-0.2, 0) is 10.0 Å². The number of aryl methyl sites for hydroxylation is 1. The fourth-order valence-electron chi connectivity index (χ4n) is 1.88. The highest BCUT2D eigenvalue weighted by molar-refractivity contribution is 7.89. The average Bonchev–Trinajstić information content (AvgIpc) is 2.26. The second-order valence-electron chi connectivity index (χ2n) is 4.73. The van der Waals surface area contributed by atoms with Crippen LogP contribution in [0.5, 0.6) is 5.75 Å². The summed E-state index contributed by atoms with van der Waals surface area (Å²) in [6, 6.07) is 5.50. The van der Waals surface area contributed by atoms with Gasteiger partial charge < -0.3 is 4.74 Å². The van der Waals surface area contributed by atoms with Crippen molar-refractivity contribution in [2.24, 2.45) is 11.1 Å². The molecular weight excluding hydrogens is 286 g/mol. The number of hydrogen-bond donors (Lipinski definition) is 1. The van der Waals surface area contributed by atoms with E-state index >= 15 is 0 Å². The zero-order chi connectivity index (χ0) is 14.5. The molecule has 0 saturated carbocycles. The summed E-state index contributed by atoms with van der Waals surface area (Å²) in [6.45, 7) is 4.23. The zero-order valence-electron chi connectivity index (χ0n) is 11.2. The van der Waals surface area contributed by atoms with E-state index < -0.39 is 10.0 Å². The van der Waals surface area contributed by atoms with E-state index in [0.717, 1.165) is 18.4 Å². The third kappa shape index (κ3) is 6.27. The van der Waals surface area contributed by atoms with E-state index in [0.29, 0.717) is 17.4 Å². The highest BCUT2D eigenvalue weighted by atomic mass is 35.5. The minimum Gasteiger partial charge on any atom is -0.492 e. The van der Waals surface area contributed by atoms with E-state index in [4.69, 9.17) is 21.5 Å². The van der Waals surface area contributed by atoms with Gasteiger partial charge in [-0.2, -0.15) is 0 Å². The maximum Gasteiger partial charge on any atom is 0.209 e. The molecule has 0 aliphatic carbocycles. The Kier molecular flexibility index (Phi) is 6.10. The molecule has 1 rings (SSSR count). The molecule has 0 radical (unpaired) electrons. The Bertz CT molecular complexity index is 517. The Morgan fingerprint density at radius 2 is 2.11 bits per heavy atom. The van der Waals surface area contributed by atoms with E-state index in [-0.39, 0.29) is 11.7 Å². The average molecular weight is 306 g/mol. The summed E-state index contributed by atoms with van der Waals surface area (Å²) in [5.74, 6) is 0.393. The molecule has 0 spiro atoms. The van der Waals surface area contributed by atoms with Crippen LogP contribution in [0.2, 0.25) is 5.02 Å². The van der Waals surface area contributed by atoms with E-state index in [2.05, 4.69) is 0 Å². The molecule has 4 nitrogen and oxygen atoms in total. The van der Waals surface area contributed by atoms with Gasteiger partial charge in [-0.3, -0.25) is 0 Å². The molecule has 0 aliphatic heterocycles. The van der Waals surface area contributed by atoms with Crippen molar-refractivity contribution in [2.45, 2.75) is 26.7 Å². The Morgan fingerprint density at radius 1 is 1.42 bits per heavy atom. The summed E-state index contributed by atoms with van der Waals surface area (Å²) in [6.07, 6.45) is 1.63. The molecular formula is C13H20ClNO3S. The molecule has 0 aliphatic rings. The lowest BCUT2D eigenvalue weighted by Crippen LogP contribution is -2.27. The first-order valence-corrected chi connectivity index (χ1v) is 8.30. The van der Waals surface area contributed by atoms with Crippen molar-refractivity contribution in [3.8, 4) is 5.75 Å². The molecule has 0 heterocycles. The van der Waals surface area contributed by atoms with Gasteiger partial charge in [-0.15, -0.1) is 0 Å². The molecule has 108 valence electrons. The molecule has 0 aromatic heterocycles. The Balaban J connectivity index is 2.65. The lowest BCUT2D eigenvalue weighted by atomic mass is 10.1. The van der Waals surface area contributed by atoms with Crippen LogP contribution in [0.4, 0.5) is 0 Å².